The molecule has 0 aliphatic carbocycles. The van der Waals surface area contributed by atoms with Crippen molar-refractivity contribution in [1.29, 1.82) is 0 Å². The molecule has 0 aliphatic rings. The van der Waals surface area contributed by atoms with Crippen molar-refractivity contribution in [2.24, 2.45) is 0 Å². The van der Waals surface area contributed by atoms with E-state index in [1.54, 1.807) is 0 Å². The molecule has 0 fully saturated rings. The highest BCUT2D eigenvalue weighted by atomic mass is 32.2. The van der Waals surface area contributed by atoms with Crippen LogP contribution in [0.3, 0.4) is 0 Å². The lowest BCUT2D eigenvalue weighted by molar-refractivity contribution is -0.0973. The van der Waals surface area contributed by atoms with E-state index in [1.807, 2.05) is 0 Å². The Balaban J connectivity index is 5.04. The van der Waals surface area contributed by atoms with Crippen molar-refractivity contribution in [3.8, 4) is 0 Å². The highest BCUT2D eigenvalue weighted by molar-refractivity contribution is 7.81. The minimum atomic E-state index is -5.32. The van der Waals surface area contributed by atoms with E-state index in [4.69, 9.17) is 9.11 Å². The van der Waals surface area contributed by atoms with Gasteiger partial charge >= 0.3 is 10.5 Å². The Kier molecular flexibility index (Phi) is 4.12. The molecule has 0 aromatic heterocycles. The molecular formula is C3H3F5O4S2. The summed E-state index contributed by atoms with van der Waals surface area (Å²) in [7, 11) is 0. The third-order valence-corrected chi connectivity index (χ3v) is 2.40. The maximum absolute atomic E-state index is 12.3. The average molecular weight is 262 g/mol. The first-order chi connectivity index (χ1) is 6.04. The summed E-state index contributed by atoms with van der Waals surface area (Å²) in [5.41, 5.74) is 0. The van der Waals surface area contributed by atoms with Crippen molar-refractivity contribution >= 4 is 22.2 Å². The Labute approximate surface area is 79.1 Å². The summed E-state index contributed by atoms with van der Waals surface area (Å²) in [4.78, 5) is 0. The Morgan fingerprint density at radius 2 is 1.14 bits per heavy atom. The molecule has 14 heavy (non-hydrogen) atoms. The van der Waals surface area contributed by atoms with Crippen LogP contribution in [0.5, 0.6) is 0 Å². The summed E-state index contributed by atoms with van der Waals surface area (Å²) in [6, 6.07) is 0. The fourth-order valence-corrected chi connectivity index (χ4v) is 1.10. The van der Waals surface area contributed by atoms with Gasteiger partial charge in [-0.1, -0.05) is 0 Å². The zero-order valence-corrected chi connectivity index (χ0v) is 7.63. The Morgan fingerprint density at radius 3 is 1.29 bits per heavy atom. The molecule has 0 aromatic carbocycles. The molecule has 86 valence electrons. The van der Waals surface area contributed by atoms with E-state index in [9.17, 15) is 30.4 Å². The number of rotatable bonds is 4. The molecule has 0 aromatic rings. The van der Waals surface area contributed by atoms with Crippen LogP contribution < -0.4 is 0 Å². The largest absolute Gasteiger partial charge is 0.382 e. The van der Waals surface area contributed by atoms with Gasteiger partial charge in [0.1, 0.15) is 0 Å². The van der Waals surface area contributed by atoms with Gasteiger partial charge in [-0.05, 0) is 0 Å². The zero-order valence-electron chi connectivity index (χ0n) is 5.99. The van der Waals surface area contributed by atoms with Gasteiger partial charge in [0, 0.05) is 0 Å². The number of alkyl halides is 5. The van der Waals surface area contributed by atoms with Crippen molar-refractivity contribution in [2.45, 2.75) is 16.7 Å². The van der Waals surface area contributed by atoms with Gasteiger partial charge in [0.25, 0.3) is 6.17 Å². The highest BCUT2D eigenvalue weighted by Gasteiger charge is 2.63. The van der Waals surface area contributed by atoms with Crippen LogP contribution in [0.15, 0.2) is 0 Å². The molecular weight excluding hydrogens is 259 g/mol. The molecule has 0 aliphatic heterocycles. The molecule has 0 rings (SSSR count). The normalized spacial score (nSPS) is 20.2. The fraction of sp³-hybridized carbons (Fsp3) is 1.00. The molecule has 0 spiro atoms. The third kappa shape index (κ3) is 2.46. The van der Waals surface area contributed by atoms with Crippen LogP contribution in [0, 0.1) is 0 Å². The standard InChI is InChI=1S/C3H3F5O4S2/c4-1(2(5,6)13(9)10)3(7,8)14(11)12/h1H,(H,9,10)(H,11,12). The fourth-order valence-electron chi connectivity index (χ4n) is 0.373. The minimum Gasteiger partial charge on any atom is -0.301 e. The molecule has 0 amide bonds. The van der Waals surface area contributed by atoms with Crippen LogP contribution in [-0.2, 0) is 22.2 Å². The van der Waals surface area contributed by atoms with Crippen LogP contribution in [-0.4, -0.2) is 34.2 Å². The van der Waals surface area contributed by atoms with Gasteiger partial charge < -0.3 is 9.11 Å². The van der Waals surface area contributed by atoms with Gasteiger partial charge in [-0.3, -0.25) is 0 Å². The van der Waals surface area contributed by atoms with Gasteiger partial charge in [-0.25, -0.2) is 12.8 Å². The van der Waals surface area contributed by atoms with Crippen LogP contribution in [0.4, 0.5) is 22.0 Å². The summed E-state index contributed by atoms with van der Waals surface area (Å²) in [5, 5.41) is -10.6. The van der Waals surface area contributed by atoms with Crippen molar-refractivity contribution in [3.05, 3.63) is 0 Å². The quantitative estimate of drug-likeness (QED) is 0.584. The van der Waals surface area contributed by atoms with Crippen molar-refractivity contribution < 1.29 is 39.5 Å². The van der Waals surface area contributed by atoms with Crippen LogP contribution in [0.2, 0.25) is 0 Å². The highest BCUT2D eigenvalue weighted by Crippen LogP contribution is 2.37. The summed E-state index contributed by atoms with van der Waals surface area (Å²) < 4.78 is 95.8. The first-order valence-corrected chi connectivity index (χ1v) is 4.87. The lowest BCUT2D eigenvalue weighted by atomic mass is 10.4. The number of hydrogen-bond acceptors (Lipinski definition) is 2. The van der Waals surface area contributed by atoms with E-state index in [2.05, 4.69) is 0 Å². The maximum Gasteiger partial charge on any atom is 0.382 e. The average Bonchev–Trinajstić information content (AvgIpc) is 2.02. The number of halogens is 5. The topological polar surface area (TPSA) is 74.6 Å². The molecule has 0 bridgehead atoms. The second-order valence-corrected chi connectivity index (χ2v) is 4.07. The van der Waals surface area contributed by atoms with Gasteiger partial charge in [0.15, 0.2) is 0 Å². The second kappa shape index (κ2) is 4.16. The van der Waals surface area contributed by atoms with Gasteiger partial charge in [0.05, 0.1) is 0 Å². The van der Waals surface area contributed by atoms with Crippen LogP contribution in [0.25, 0.3) is 0 Å². The zero-order chi connectivity index (χ0) is 11.7. The second-order valence-electron chi connectivity index (χ2n) is 1.98. The predicted molar refractivity (Wildman–Crippen MR) is 36.3 cm³/mol. The molecule has 0 saturated carbocycles. The van der Waals surface area contributed by atoms with E-state index in [0.29, 0.717) is 0 Å². The van der Waals surface area contributed by atoms with Crippen LogP contribution >= 0.6 is 0 Å². The van der Waals surface area contributed by atoms with E-state index in [1.165, 1.54) is 0 Å². The Morgan fingerprint density at radius 1 is 0.929 bits per heavy atom. The summed E-state index contributed by atoms with van der Waals surface area (Å²) >= 11 is -8.41. The van der Waals surface area contributed by atoms with E-state index >= 15 is 0 Å². The Hall–Kier alpha value is -0.130. The molecule has 2 atom stereocenters. The Bertz CT molecular complexity index is 242. The lowest BCUT2D eigenvalue weighted by Crippen LogP contribution is -2.48. The summed E-state index contributed by atoms with van der Waals surface area (Å²) in [6.07, 6.45) is -4.52. The van der Waals surface area contributed by atoms with Crippen molar-refractivity contribution in [3.63, 3.8) is 0 Å². The van der Waals surface area contributed by atoms with Gasteiger partial charge in [0.2, 0.25) is 22.2 Å². The maximum atomic E-state index is 12.3. The van der Waals surface area contributed by atoms with Gasteiger partial charge in [-0.2, -0.15) is 17.6 Å². The monoisotopic (exact) mass is 262 g/mol. The first-order valence-electron chi connectivity index (χ1n) is 2.66. The first kappa shape index (κ1) is 13.9. The molecule has 2 unspecified atom stereocenters. The smallest absolute Gasteiger partial charge is 0.301 e. The molecule has 0 radical (unpaired) electrons. The minimum absolute atomic E-state index is 4.20. The van der Waals surface area contributed by atoms with Crippen LogP contribution in [0.1, 0.15) is 0 Å². The number of hydrogen-bond donors (Lipinski definition) is 2. The van der Waals surface area contributed by atoms with Crippen molar-refractivity contribution in [1.82, 2.24) is 0 Å². The predicted octanol–water partition coefficient (Wildman–Crippen LogP) is 0.954. The van der Waals surface area contributed by atoms with E-state index in [-0.39, 0.29) is 0 Å². The SMILES string of the molecule is O=S(O)C(F)(F)C(F)C(F)(F)S(=O)O. The summed E-state index contributed by atoms with van der Waals surface area (Å²) in [6.45, 7) is 0. The van der Waals surface area contributed by atoms with Gasteiger partial charge in [-0.15, -0.1) is 0 Å². The van der Waals surface area contributed by atoms with Crippen molar-refractivity contribution in [2.75, 3.05) is 0 Å². The van der Waals surface area contributed by atoms with E-state index < -0.39 is 38.8 Å². The molecule has 0 saturated heterocycles. The third-order valence-electron chi connectivity index (χ3n) is 1.06. The molecule has 11 heteroatoms. The lowest BCUT2D eigenvalue weighted by Gasteiger charge is -2.22. The molecule has 4 nitrogen and oxygen atoms in total. The molecule has 2 N–H and O–H groups in total. The summed E-state index contributed by atoms with van der Waals surface area (Å²) in [5.74, 6) is 0. The van der Waals surface area contributed by atoms with E-state index in [0.717, 1.165) is 0 Å². The molecule has 0 heterocycles.